The lowest BCUT2D eigenvalue weighted by Gasteiger charge is -2.02. The Morgan fingerprint density at radius 2 is 2.22 bits per heavy atom. The molecule has 0 aromatic carbocycles. The zero-order chi connectivity index (χ0) is 13.1. The van der Waals surface area contributed by atoms with E-state index in [1.807, 2.05) is 0 Å². The van der Waals surface area contributed by atoms with Gasteiger partial charge in [0.25, 0.3) is 0 Å². The average Bonchev–Trinajstić information content (AvgIpc) is 2.69. The third-order valence-corrected chi connectivity index (χ3v) is 2.90. The van der Waals surface area contributed by atoms with Crippen molar-refractivity contribution in [1.82, 2.24) is 15.0 Å². The van der Waals surface area contributed by atoms with Crippen molar-refractivity contribution in [2.75, 3.05) is 7.11 Å². The first-order chi connectivity index (χ1) is 8.60. The average molecular weight is 286 g/mol. The predicted molar refractivity (Wildman–Crippen MR) is 66.0 cm³/mol. The molecule has 94 valence electrons. The summed E-state index contributed by atoms with van der Waals surface area (Å²) in [4.78, 5) is 23.2. The van der Waals surface area contributed by atoms with Crippen molar-refractivity contribution in [1.29, 1.82) is 0 Å². The molecule has 0 amide bonds. The smallest absolute Gasteiger partial charge is 0.308 e. The van der Waals surface area contributed by atoms with Crippen LogP contribution in [0, 0.1) is 0 Å². The van der Waals surface area contributed by atoms with Crippen LogP contribution in [0.5, 0.6) is 10.9 Å². The second-order valence-electron chi connectivity index (χ2n) is 3.12. The highest BCUT2D eigenvalue weighted by atomic mass is 35.5. The first-order valence-corrected chi connectivity index (χ1v) is 6.01. The minimum Gasteiger partial charge on any atom is -0.481 e. The van der Waals surface area contributed by atoms with E-state index in [1.165, 1.54) is 20.2 Å². The van der Waals surface area contributed by atoms with Crippen LogP contribution in [0.15, 0.2) is 12.3 Å². The number of hydrogen-bond donors (Lipinski definition) is 0. The van der Waals surface area contributed by atoms with E-state index in [0.717, 1.165) is 11.3 Å². The number of thiazole rings is 1. The Labute approximate surface area is 112 Å². The van der Waals surface area contributed by atoms with Crippen LogP contribution in [0.3, 0.4) is 0 Å². The van der Waals surface area contributed by atoms with Crippen molar-refractivity contribution >= 4 is 28.9 Å². The van der Waals surface area contributed by atoms with Crippen LogP contribution in [0.25, 0.3) is 11.5 Å². The maximum Gasteiger partial charge on any atom is 0.308 e. The third-order valence-electron chi connectivity index (χ3n) is 1.86. The van der Waals surface area contributed by atoms with Crippen molar-refractivity contribution < 1.29 is 14.3 Å². The molecular weight excluding hydrogens is 278 g/mol. The number of nitrogens with zero attached hydrogens (tertiary/aromatic N) is 3. The van der Waals surface area contributed by atoms with Crippen molar-refractivity contribution in [2.45, 2.75) is 6.92 Å². The van der Waals surface area contributed by atoms with E-state index in [2.05, 4.69) is 15.0 Å². The highest BCUT2D eigenvalue weighted by Gasteiger charge is 2.18. The molecule has 0 radical (unpaired) electrons. The minimum absolute atomic E-state index is 0.243. The van der Waals surface area contributed by atoms with E-state index in [1.54, 1.807) is 6.07 Å². The Kier molecular flexibility index (Phi) is 3.73. The van der Waals surface area contributed by atoms with E-state index in [0.29, 0.717) is 11.6 Å². The normalized spacial score (nSPS) is 10.2. The van der Waals surface area contributed by atoms with Gasteiger partial charge in [0.05, 0.1) is 7.11 Å². The van der Waals surface area contributed by atoms with Gasteiger partial charge in [-0.1, -0.05) is 22.9 Å². The summed E-state index contributed by atoms with van der Waals surface area (Å²) in [5.74, 6) is 0.214. The molecule has 18 heavy (non-hydrogen) atoms. The van der Waals surface area contributed by atoms with Crippen LogP contribution in [0.1, 0.15) is 6.92 Å². The Hall–Kier alpha value is -1.73. The lowest BCUT2D eigenvalue weighted by atomic mass is 10.4. The van der Waals surface area contributed by atoms with Gasteiger partial charge < -0.3 is 9.47 Å². The lowest BCUT2D eigenvalue weighted by Crippen LogP contribution is -2.02. The molecule has 0 saturated heterocycles. The van der Waals surface area contributed by atoms with Crippen molar-refractivity contribution in [3.63, 3.8) is 0 Å². The molecule has 0 fully saturated rings. The fourth-order valence-corrected chi connectivity index (χ4v) is 2.17. The summed E-state index contributed by atoms with van der Waals surface area (Å²) in [7, 11) is 1.49. The maximum absolute atomic E-state index is 11.0. The Morgan fingerprint density at radius 3 is 2.89 bits per heavy atom. The minimum atomic E-state index is -0.459. The first kappa shape index (κ1) is 12.7. The van der Waals surface area contributed by atoms with Crippen LogP contribution in [-0.4, -0.2) is 28.0 Å². The van der Waals surface area contributed by atoms with Crippen LogP contribution in [0.2, 0.25) is 4.47 Å². The van der Waals surface area contributed by atoms with Gasteiger partial charge in [-0.25, -0.2) is 9.97 Å². The van der Waals surface area contributed by atoms with Gasteiger partial charge in [0, 0.05) is 19.2 Å². The quantitative estimate of drug-likeness (QED) is 0.805. The van der Waals surface area contributed by atoms with Crippen LogP contribution >= 0.6 is 22.9 Å². The van der Waals surface area contributed by atoms with Crippen LogP contribution < -0.4 is 9.47 Å². The molecule has 0 aliphatic rings. The van der Waals surface area contributed by atoms with Crippen LogP contribution in [0.4, 0.5) is 0 Å². The van der Waals surface area contributed by atoms with Crippen molar-refractivity contribution in [3.8, 4) is 22.5 Å². The number of hydrogen-bond acceptors (Lipinski definition) is 7. The molecule has 2 heterocycles. The zero-order valence-corrected chi connectivity index (χ0v) is 11.1. The molecule has 8 heteroatoms. The van der Waals surface area contributed by atoms with Crippen LogP contribution in [-0.2, 0) is 4.79 Å². The fraction of sp³-hybridized carbons (Fsp3) is 0.200. The summed E-state index contributed by atoms with van der Waals surface area (Å²) in [5.41, 5.74) is 0.319. The molecule has 0 aliphatic heterocycles. The Bertz CT molecular complexity index is 587. The molecule has 0 unspecified atom stereocenters. The SMILES string of the molecule is COc1ccnc(-c2nc(Cl)sc2OC(C)=O)n1. The molecule has 6 nitrogen and oxygen atoms in total. The number of rotatable bonds is 3. The largest absolute Gasteiger partial charge is 0.481 e. The number of carbonyl (C=O) groups excluding carboxylic acids is 1. The predicted octanol–water partition coefficient (Wildman–Crippen LogP) is 2.19. The van der Waals surface area contributed by atoms with Crippen molar-refractivity contribution in [2.24, 2.45) is 0 Å². The second-order valence-corrected chi connectivity index (χ2v) is 4.66. The number of halogens is 1. The van der Waals surface area contributed by atoms with Gasteiger partial charge in [0.2, 0.25) is 10.9 Å². The van der Waals surface area contributed by atoms with E-state index >= 15 is 0 Å². The number of ether oxygens (including phenoxy) is 2. The number of carbonyl (C=O) groups is 1. The molecule has 0 bridgehead atoms. The van der Waals surface area contributed by atoms with Gasteiger partial charge in [0.15, 0.2) is 16.0 Å². The topological polar surface area (TPSA) is 74.2 Å². The van der Waals surface area contributed by atoms with E-state index in [4.69, 9.17) is 21.1 Å². The van der Waals surface area contributed by atoms with E-state index in [9.17, 15) is 4.79 Å². The molecule has 0 saturated carbocycles. The second kappa shape index (κ2) is 5.28. The summed E-state index contributed by atoms with van der Waals surface area (Å²) in [6, 6.07) is 1.60. The summed E-state index contributed by atoms with van der Waals surface area (Å²) >= 11 is 6.84. The van der Waals surface area contributed by atoms with Gasteiger partial charge in [-0.2, -0.15) is 4.98 Å². The van der Waals surface area contributed by atoms with E-state index < -0.39 is 5.97 Å². The molecule has 2 aromatic heterocycles. The molecule has 2 aromatic rings. The van der Waals surface area contributed by atoms with Gasteiger partial charge >= 0.3 is 5.97 Å². The number of esters is 1. The first-order valence-electron chi connectivity index (χ1n) is 4.82. The Morgan fingerprint density at radius 1 is 1.44 bits per heavy atom. The zero-order valence-electron chi connectivity index (χ0n) is 9.51. The molecule has 0 N–H and O–H groups in total. The van der Waals surface area contributed by atoms with Gasteiger partial charge in [-0.3, -0.25) is 4.79 Å². The molecular formula is C10H8ClN3O3S. The third kappa shape index (κ3) is 2.74. The summed E-state index contributed by atoms with van der Waals surface area (Å²) in [6.07, 6.45) is 1.52. The van der Waals surface area contributed by atoms with Gasteiger partial charge in [-0.05, 0) is 0 Å². The summed E-state index contributed by atoms with van der Waals surface area (Å²) in [5, 5.41) is 0.265. The monoisotopic (exact) mass is 285 g/mol. The fourth-order valence-electron chi connectivity index (χ4n) is 1.19. The van der Waals surface area contributed by atoms with Gasteiger partial charge in [-0.15, -0.1) is 0 Å². The van der Waals surface area contributed by atoms with E-state index in [-0.39, 0.29) is 15.4 Å². The molecule has 0 spiro atoms. The molecule has 0 aliphatic carbocycles. The van der Waals surface area contributed by atoms with Crippen molar-refractivity contribution in [3.05, 3.63) is 16.7 Å². The summed E-state index contributed by atoms with van der Waals surface area (Å²) in [6.45, 7) is 1.30. The standard InChI is InChI=1S/C10H8ClN3O3S/c1-5(15)17-9-7(14-10(11)18-9)8-12-4-3-6(13-8)16-2/h3-4H,1-2H3. The van der Waals surface area contributed by atoms with Gasteiger partial charge in [0.1, 0.15) is 0 Å². The molecule has 2 rings (SSSR count). The number of aromatic nitrogens is 3. The molecule has 0 atom stereocenters. The summed E-state index contributed by atoms with van der Waals surface area (Å²) < 4.78 is 10.2. The number of methoxy groups -OCH3 is 1. The maximum atomic E-state index is 11.0. The highest BCUT2D eigenvalue weighted by molar-refractivity contribution is 7.17. The Balaban J connectivity index is 2.45. The highest BCUT2D eigenvalue weighted by Crippen LogP contribution is 2.36. The lowest BCUT2D eigenvalue weighted by molar-refractivity contribution is -0.131.